The minimum atomic E-state index is -0.590. The van der Waals surface area contributed by atoms with E-state index in [0.717, 1.165) is 5.56 Å². The summed E-state index contributed by atoms with van der Waals surface area (Å²) in [6.07, 6.45) is 1.36. The largest absolute Gasteiger partial charge is 0.503 e. The number of nitrogens with one attached hydrogen (secondary N) is 1. The predicted molar refractivity (Wildman–Crippen MR) is 104 cm³/mol. The summed E-state index contributed by atoms with van der Waals surface area (Å²) in [4.78, 5) is 25.6. The highest BCUT2D eigenvalue weighted by molar-refractivity contribution is 7.93. The van der Waals surface area contributed by atoms with Gasteiger partial charge in [0.2, 0.25) is 0 Å². The van der Waals surface area contributed by atoms with E-state index in [9.17, 15) is 14.7 Å². The molecule has 0 saturated heterocycles. The molecule has 1 unspecified atom stereocenters. The van der Waals surface area contributed by atoms with Gasteiger partial charge in [0, 0.05) is 18.3 Å². The molecule has 3 N–H and O–H groups in total. The number of hydrogen-bond donors (Lipinski definition) is 3. The van der Waals surface area contributed by atoms with Crippen LogP contribution in [0.15, 0.2) is 29.5 Å². The van der Waals surface area contributed by atoms with E-state index in [2.05, 4.69) is 5.32 Å². The second-order valence-corrected chi connectivity index (χ2v) is 7.53. The van der Waals surface area contributed by atoms with Gasteiger partial charge >= 0.3 is 0 Å². The molecule has 1 heterocycles. The van der Waals surface area contributed by atoms with Crippen molar-refractivity contribution in [2.45, 2.75) is 25.8 Å². The summed E-state index contributed by atoms with van der Waals surface area (Å²) in [5, 5.41) is 13.7. The lowest BCUT2D eigenvalue weighted by Crippen LogP contribution is -2.36. The second kappa shape index (κ2) is 9.50. The van der Waals surface area contributed by atoms with Crippen molar-refractivity contribution in [3.63, 3.8) is 0 Å². The fraction of sp³-hybridized carbons (Fsp3) is 0.412. The number of carbonyl (C=O) groups excluding carboxylic acids is 2. The smallest absolute Gasteiger partial charge is 0.289 e. The quantitative estimate of drug-likeness (QED) is 0.563. The topological polar surface area (TPSA) is 89.9 Å². The van der Waals surface area contributed by atoms with Crippen molar-refractivity contribution < 1.29 is 19.2 Å². The Labute approximate surface area is 166 Å². The van der Waals surface area contributed by atoms with Crippen molar-refractivity contribution >= 4 is 47.1 Å². The van der Waals surface area contributed by atoms with Gasteiger partial charge in [0.1, 0.15) is 0 Å². The Balaban J connectivity index is 1.88. The maximum atomic E-state index is 12.3. The Morgan fingerprint density at radius 1 is 1.38 bits per heavy atom. The molecular weight excluding hydrogens is 399 g/mol. The molecule has 1 atom stereocenters. The third-order valence-electron chi connectivity index (χ3n) is 4.08. The van der Waals surface area contributed by atoms with Gasteiger partial charge in [-0.15, -0.1) is 0 Å². The van der Waals surface area contributed by atoms with Crippen LogP contribution in [0.3, 0.4) is 0 Å². The molecule has 1 aromatic rings. The standard InChI is InChI=1S/C17H20Cl2N2O4S/c1-10(2-3-11-4-5-13(18)14(19)8-11)20-16(23)12-9-21(6-7-26-25)17(24)15(12)22/h4-5,8,10,22,25H,2-3,6-7,9H2,1H3,(H,20,23). The molecule has 1 aliphatic heterocycles. The molecule has 2 amide bonds. The van der Waals surface area contributed by atoms with E-state index in [0.29, 0.717) is 40.7 Å². The van der Waals surface area contributed by atoms with E-state index in [4.69, 9.17) is 27.8 Å². The van der Waals surface area contributed by atoms with E-state index in [1.54, 1.807) is 12.1 Å². The molecule has 142 valence electrons. The van der Waals surface area contributed by atoms with Gasteiger partial charge in [-0.2, -0.15) is 0 Å². The zero-order chi connectivity index (χ0) is 19.3. The molecule has 26 heavy (non-hydrogen) atoms. The first kappa shape index (κ1) is 20.9. The monoisotopic (exact) mass is 418 g/mol. The molecule has 0 aromatic heterocycles. The SMILES string of the molecule is CC(CCc1ccc(Cl)c(Cl)c1)NC(=O)C1=C(O)C(=O)N(CCSO)C1. The van der Waals surface area contributed by atoms with E-state index in [1.165, 1.54) is 4.90 Å². The zero-order valence-corrected chi connectivity index (χ0v) is 16.5. The van der Waals surface area contributed by atoms with Crippen LogP contribution in [0.25, 0.3) is 0 Å². The molecule has 2 rings (SSSR count). The molecule has 1 aromatic carbocycles. The maximum Gasteiger partial charge on any atom is 0.289 e. The number of aryl methyl sites for hydroxylation is 1. The summed E-state index contributed by atoms with van der Waals surface area (Å²) >= 11 is 12.5. The number of amides is 2. The normalized spacial score (nSPS) is 15.5. The Kier molecular flexibility index (Phi) is 7.64. The summed E-state index contributed by atoms with van der Waals surface area (Å²) in [6, 6.07) is 5.24. The van der Waals surface area contributed by atoms with Crippen molar-refractivity contribution in [3.05, 3.63) is 45.1 Å². The Bertz CT molecular complexity index is 727. The fourth-order valence-electron chi connectivity index (χ4n) is 2.59. The zero-order valence-electron chi connectivity index (χ0n) is 14.2. The lowest BCUT2D eigenvalue weighted by atomic mass is 10.1. The van der Waals surface area contributed by atoms with Crippen molar-refractivity contribution in [2.75, 3.05) is 18.8 Å². The van der Waals surface area contributed by atoms with Crippen LogP contribution in [0, 0.1) is 0 Å². The lowest BCUT2D eigenvalue weighted by molar-refractivity contribution is -0.127. The summed E-state index contributed by atoms with van der Waals surface area (Å²) in [5.74, 6) is -1.26. The fourth-order valence-corrected chi connectivity index (χ4v) is 3.21. The molecule has 0 spiro atoms. The van der Waals surface area contributed by atoms with Crippen molar-refractivity contribution in [1.29, 1.82) is 0 Å². The third-order valence-corrected chi connectivity index (χ3v) is 5.18. The van der Waals surface area contributed by atoms with Gasteiger partial charge in [-0.3, -0.25) is 9.59 Å². The summed E-state index contributed by atoms with van der Waals surface area (Å²) in [7, 11) is 0. The number of aliphatic hydroxyl groups excluding tert-OH is 1. The highest BCUT2D eigenvalue weighted by Crippen LogP contribution is 2.23. The number of rotatable bonds is 8. The minimum absolute atomic E-state index is 0.0383. The number of benzene rings is 1. The molecule has 9 heteroatoms. The molecule has 1 aliphatic rings. The molecular formula is C17H20Cl2N2O4S. The number of aliphatic hydroxyl groups is 1. The molecule has 0 aliphatic carbocycles. The average molecular weight is 419 g/mol. The lowest BCUT2D eigenvalue weighted by Gasteiger charge is -2.16. The molecule has 0 fully saturated rings. The first-order valence-electron chi connectivity index (χ1n) is 8.06. The van der Waals surface area contributed by atoms with Gasteiger partial charge in [-0.05, 0) is 49.5 Å². The summed E-state index contributed by atoms with van der Waals surface area (Å²) in [6.45, 7) is 2.15. The van der Waals surface area contributed by atoms with Gasteiger partial charge < -0.3 is 19.9 Å². The first-order valence-corrected chi connectivity index (χ1v) is 9.75. The van der Waals surface area contributed by atoms with E-state index in [-0.39, 0.29) is 24.7 Å². The highest BCUT2D eigenvalue weighted by atomic mass is 35.5. The summed E-state index contributed by atoms with van der Waals surface area (Å²) < 4.78 is 8.77. The van der Waals surface area contributed by atoms with Crippen LogP contribution in [-0.2, 0) is 16.0 Å². The third kappa shape index (κ3) is 5.30. The van der Waals surface area contributed by atoms with Gasteiger partial charge in [0.25, 0.3) is 11.8 Å². The van der Waals surface area contributed by atoms with Gasteiger partial charge in [0.15, 0.2) is 5.76 Å². The molecule has 6 nitrogen and oxygen atoms in total. The number of hydrogen-bond acceptors (Lipinski definition) is 5. The van der Waals surface area contributed by atoms with Crippen LogP contribution < -0.4 is 5.32 Å². The van der Waals surface area contributed by atoms with E-state index in [1.807, 2.05) is 13.0 Å². The second-order valence-electron chi connectivity index (χ2n) is 6.05. The Morgan fingerprint density at radius 3 is 2.77 bits per heavy atom. The predicted octanol–water partition coefficient (Wildman–Crippen LogP) is 3.29. The molecule has 0 radical (unpaired) electrons. The Hall–Kier alpha value is -1.41. The average Bonchev–Trinajstić information content (AvgIpc) is 2.89. The highest BCUT2D eigenvalue weighted by Gasteiger charge is 2.33. The van der Waals surface area contributed by atoms with Crippen LogP contribution in [0.1, 0.15) is 18.9 Å². The van der Waals surface area contributed by atoms with Crippen LogP contribution in [-0.4, -0.2) is 51.3 Å². The van der Waals surface area contributed by atoms with Crippen molar-refractivity contribution in [2.24, 2.45) is 0 Å². The maximum absolute atomic E-state index is 12.3. The summed E-state index contributed by atoms with van der Waals surface area (Å²) in [5.41, 5.74) is 1.06. The van der Waals surface area contributed by atoms with E-state index < -0.39 is 17.6 Å². The van der Waals surface area contributed by atoms with Crippen molar-refractivity contribution in [3.8, 4) is 0 Å². The molecule has 0 saturated carbocycles. The van der Waals surface area contributed by atoms with Gasteiger partial charge in [0.05, 0.1) is 22.2 Å². The van der Waals surface area contributed by atoms with Crippen LogP contribution >= 0.6 is 35.2 Å². The number of nitrogens with zero attached hydrogens (tertiary/aromatic N) is 1. The van der Waals surface area contributed by atoms with Gasteiger partial charge in [-0.25, -0.2) is 0 Å². The van der Waals surface area contributed by atoms with Crippen LogP contribution in [0.2, 0.25) is 10.0 Å². The molecule has 0 bridgehead atoms. The number of carbonyl (C=O) groups is 2. The number of halogens is 2. The first-order chi connectivity index (χ1) is 12.3. The minimum Gasteiger partial charge on any atom is -0.503 e. The van der Waals surface area contributed by atoms with Crippen LogP contribution in [0.5, 0.6) is 0 Å². The Morgan fingerprint density at radius 2 is 2.12 bits per heavy atom. The van der Waals surface area contributed by atoms with E-state index >= 15 is 0 Å². The van der Waals surface area contributed by atoms with Crippen molar-refractivity contribution in [1.82, 2.24) is 10.2 Å². The van der Waals surface area contributed by atoms with Gasteiger partial charge in [-0.1, -0.05) is 29.3 Å². The van der Waals surface area contributed by atoms with Crippen LogP contribution in [0.4, 0.5) is 0 Å².